The van der Waals surface area contributed by atoms with Crippen molar-refractivity contribution in [2.75, 3.05) is 24.7 Å². The number of anilines is 1. The Kier molecular flexibility index (Phi) is 2.99. The molecule has 0 bridgehead atoms. The molecule has 1 amide bonds. The molecular weight excluding hydrogens is 192 g/mol. The molecule has 80 valence electrons. The first kappa shape index (κ1) is 10.1. The number of nitrogens with zero attached hydrogens (tertiary/aromatic N) is 2. The third-order valence-electron chi connectivity index (χ3n) is 2.46. The van der Waals surface area contributed by atoms with Crippen LogP contribution in [0.15, 0.2) is 30.3 Å². The van der Waals surface area contributed by atoms with Crippen LogP contribution in [-0.4, -0.2) is 35.7 Å². The van der Waals surface area contributed by atoms with Crippen LogP contribution in [0, 0.1) is 0 Å². The van der Waals surface area contributed by atoms with Gasteiger partial charge >= 0.3 is 0 Å². The van der Waals surface area contributed by atoms with Gasteiger partial charge < -0.3 is 5.11 Å². The van der Waals surface area contributed by atoms with E-state index in [1.165, 1.54) is 0 Å². The number of β-amino-alcohol motifs (C(OH)–C–C–N with tert-alkyl or cyclic N) is 1. The second-order valence-electron chi connectivity index (χ2n) is 3.47. The molecule has 1 aromatic carbocycles. The first-order chi connectivity index (χ1) is 7.33. The summed E-state index contributed by atoms with van der Waals surface area (Å²) in [5.41, 5.74) is 0.869. The van der Waals surface area contributed by atoms with Gasteiger partial charge in [-0.1, -0.05) is 18.2 Å². The van der Waals surface area contributed by atoms with Gasteiger partial charge in [-0.05, 0) is 12.1 Å². The van der Waals surface area contributed by atoms with Crippen molar-refractivity contribution in [3.8, 4) is 0 Å². The van der Waals surface area contributed by atoms with Gasteiger partial charge in [0.1, 0.15) is 0 Å². The van der Waals surface area contributed by atoms with Crippen molar-refractivity contribution in [1.29, 1.82) is 0 Å². The zero-order valence-corrected chi connectivity index (χ0v) is 8.47. The Hall–Kier alpha value is -1.39. The lowest BCUT2D eigenvalue weighted by Gasteiger charge is -2.27. The lowest BCUT2D eigenvalue weighted by Crippen LogP contribution is -2.40. The third-order valence-corrected chi connectivity index (χ3v) is 2.46. The number of hydrogen-bond acceptors (Lipinski definition) is 3. The van der Waals surface area contributed by atoms with Gasteiger partial charge in [0.2, 0.25) is 5.91 Å². The molecule has 0 spiro atoms. The van der Waals surface area contributed by atoms with Crippen LogP contribution in [0.4, 0.5) is 5.69 Å². The number of carbonyl (C=O) groups is 1. The molecule has 1 aromatic rings. The highest BCUT2D eigenvalue weighted by Crippen LogP contribution is 2.21. The van der Waals surface area contributed by atoms with Gasteiger partial charge in [-0.15, -0.1) is 0 Å². The van der Waals surface area contributed by atoms with Crippen LogP contribution in [0.2, 0.25) is 0 Å². The summed E-state index contributed by atoms with van der Waals surface area (Å²) in [6, 6.07) is 9.51. The molecule has 1 fully saturated rings. The molecule has 4 heteroatoms. The Bertz CT molecular complexity index is 340. The molecule has 0 radical (unpaired) electrons. The van der Waals surface area contributed by atoms with Crippen molar-refractivity contribution in [2.45, 2.75) is 6.42 Å². The highest BCUT2D eigenvalue weighted by Gasteiger charge is 2.29. The van der Waals surface area contributed by atoms with E-state index in [1.54, 1.807) is 5.01 Å². The first-order valence-electron chi connectivity index (χ1n) is 5.06. The standard InChI is InChI=1S/C11H14N2O2/c14-9-8-12-7-6-11(15)13(12)10-4-2-1-3-5-10/h1-5,14H,6-9H2. The van der Waals surface area contributed by atoms with E-state index >= 15 is 0 Å². The smallest absolute Gasteiger partial charge is 0.242 e. The molecule has 1 saturated heterocycles. The molecule has 1 aliphatic rings. The second kappa shape index (κ2) is 4.42. The summed E-state index contributed by atoms with van der Waals surface area (Å²) in [5.74, 6) is 0.0923. The van der Waals surface area contributed by atoms with Crippen molar-refractivity contribution in [3.63, 3.8) is 0 Å². The maximum Gasteiger partial charge on any atom is 0.242 e. The molecule has 0 atom stereocenters. The Balaban J connectivity index is 2.21. The van der Waals surface area contributed by atoms with Gasteiger partial charge in [-0.3, -0.25) is 4.79 Å². The molecule has 4 nitrogen and oxygen atoms in total. The fraction of sp³-hybridized carbons (Fsp3) is 0.364. The van der Waals surface area contributed by atoms with Gasteiger partial charge in [0.05, 0.1) is 12.3 Å². The largest absolute Gasteiger partial charge is 0.395 e. The zero-order chi connectivity index (χ0) is 10.7. The highest BCUT2D eigenvalue weighted by atomic mass is 16.3. The van der Waals surface area contributed by atoms with Crippen LogP contribution in [0.25, 0.3) is 0 Å². The Labute approximate surface area is 88.7 Å². The number of hydrogen-bond donors (Lipinski definition) is 1. The first-order valence-corrected chi connectivity index (χ1v) is 5.06. The van der Waals surface area contributed by atoms with Crippen molar-refractivity contribution in [2.24, 2.45) is 0 Å². The van der Waals surface area contributed by atoms with Crippen LogP contribution in [0.1, 0.15) is 6.42 Å². The second-order valence-corrected chi connectivity index (χ2v) is 3.47. The number of rotatable bonds is 3. The van der Waals surface area contributed by atoms with E-state index in [0.717, 1.165) is 5.69 Å². The molecular formula is C11H14N2O2. The lowest BCUT2D eigenvalue weighted by atomic mass is 10.3. The predicted molar refractivity (Wildman–Crippen MR) is 57.2 cm³/mol. The Morgan fingerprint density at radius 2 is 2.00 bits per heavy atom. The van der Waals surface area contributed by atoms with E-state index in [4.69, 9.17) is 5.11 Å². The average molecular weight is 206 g/mol. The van der Waals surface area contributed by atoms with Gasteiger partial charge in [0, 0.05) is 19.5 Å². The molecule has 1 heterocycles. The predicted octanol–water partition coefficient (Wildman–Crippen LogP) is 0.633. The summed E-state index contributed by atoms with van der Waals surface area (Å²) in [4.78, 5) is 11.7. The van der Waals surface area contributed by atoms with Crippen molar-refractivity contribution >= 4 is 11.6 Å². The molecule has 0 aliphatic carbocycles. The van der Waals surface area contributed by atoms with Crippen molar-refractivity contribution < 1.29 is 9.90 Å². The summed E-state index contributed by atoms with van der Waals surface area (Å²) in [6.45, 7) is 1.26. The Morgan fingerprint density at radius 3 is 2.67 bits per heavy atom. The van der Waals surface area contributed by atoms with E-state index in [1.807, 2.05) is 35.3 Å². The minimum Gasteiger partial charge on any atom is -0.395 e. The van der Waals surface area contributed by atoms with E-state index < -0.39 is 0 Å². The summed E-state index contributed by atoms with van der Waals surface area (Å²) in [5, 5.41) is 12.4. The third kappa shape index (κ3) is 2.00. The van der Waals surface area contributed by atoms with E-state index in [9.17, 15) is 4.79 Å². The van der Waals surface area contributed by atoms with Crippen LogP contribution in [0.5, 0.6) is 0 Å². The summed E-state index contributed by atoms with van der Waals surface area (Å²) >= 11 is 0. The topological polar surface area (TPSA) is 43.8 Å². The molecule has 0 saturated carbocycles. The number of carbonyl (C=O) groups excluding carboxylic acids is 1. The fourth-order valence-corrected chi connectivity index (χ4v) is 1.79. The molecule has 0 unspecified atom stereocenters. The van der Waals surface area contributed by atoms with E-state index in [-0.39, 0.29) is 12.5 Å². The number of amides is 1. The summed E-state index contributed by atoms with van der Waals surface area (Å²) in [6.07, 6.45) is 0.523. The molecule has 15 heavy (non-hydrogen) atoms. The van der Waals surface area contributed by atoms with Crippen molar-refractivity contribution in [1.82, 2.24) is 5.01 Å². The Morgan fingerprint density at radius 1 is 1.27 bits per heavy atom. The minimum absolute atomic E-state index is 0.0661. The molecule has 2 rings (SSSR count). The summed E-state index contributed by atoms with van der Waals surface area (Å²) in [7, 11) is 0. The van der Waals surface area contributed by atoms with Crippen LogP contribution in [-0.2, 0) is 4.79 Å². The monoisotopic (exact) mass is 206 g/mol. The van der Waals surface area contributed by atoms with E-state index in [0.29, 0.717) is 19.5 Å². The van der Waals surface area contributed by atoms with Gasteiger partial charge in [0.15, 0.2) is 0 Å². The molecule has 0 aromatic heterocycles. The van der Waals surface area contributed by atoms with Gasteiger partial charge in [-0.2, -0.15) is 0 Å². The number of hydrazine groups is 1. The maximum atomic E-state index is 11.7. The lowest BCUT2D eigenvalue weighted by molar-refractivity contribution is -0.118. The average Bonchev–Trinajstić information content (AvgIpc) is 2.62. The fourth-order valence-electron chi connectivity index (χ4n) is 1.79. The maximum absolute atomic E-state index is 11.7. The summed E-state index contributed by atoms with van der Waals surface area (Å²) < 4.78 is 0. The van der Waals surface area contributed by atoms with Crippen LogP contribution < -0.4 is 5.01 Å². The number of benzene rings is 1. The van der Waals surface area contributed by atoms with Crippen molar-refractivity contribution in [3.05, 3.63) is 30.3 Å². The number of aliphatic hydroxyl groups is 1. The molecule has 1 aliphatic heterocycles. The van der Waals surface area contributed by atoms with Gasteiger partial charge in [-0.25, -0.2) is 10.0 Å². The minimum atomic E-state index is 0.0661. The van der Waals surface area contributed by atoms with Gasteiger partial charge in [0.25, 0.3) is 0 Å². The molecule has 1 N–H and O–H groups in total. The number of aliphatic hydroxyl groups excluding tert-OH is 1. The van der Waals surface area contributed by atoms with Crippen LogP contribution in [0.3, 0.4) is 0 Å². The van der Waals surface area contributed by atoms with Crippen LogP contribution >= 0.6 is 0 Å². The zero-order valence-electron chi connectivity index (χ0n) is 8.47. The number of para-hydroxylation sites is 1. The highest BCUT2D eigenvalue weighted by molar-refractivity contribution is 5.94. The normalized spacial score (nSPS) is 17.4. The quantitative estimate of drug-likeness (QED) is 0.789. The van der Waals surface area contributed by atoms with E-state index in [2.05, 4.69) is 0 Å². The SMILES string of the molecule is O=C1CCN(CCO)N1c1ccccc1.